The maximum Gasteiger partial charge on any atom is 0.132 e. The van der Waals surface area contributed by atoms with Crippen molar-refractivity contribution in [2.45, 2.75) is 70.8 Å². The summed E-state index contributed by atoms with van der Waals surface area (Å²) in [6.45, 7) is 2.08. The van der Waals surface area contributed by atoms with E-state index in [9.17, 15) is 5.11 Å². The number of aryl methyl sites for hydroxylation is 1. The van der Waals surface area contributed by atoms with Crippen molar-refractivity contribution in [1.29, 1.82) is 0 Å². The van der Waals surface area contributed by atoms with Gasteiger partial charge in [0.2, 0.25) is 0 Å². The molecule has 1 fully saturated rings. The summed E-state index contributed by atoms with van der Waals surface area (Å²) in [6.07, 6.45) is 10.7. The van der Waals surface area contributed by atoms with Gasteiger partial charge >= 0.3 is 0 Å². The second-order valence-electron chi connectivity index (χ2n) is 5.65. The van der Waals surface area contributed by atoms with Gasteiger partial charge in [0.15, 0.2) is 0 Å². The van der Waals surface area contributed by atoms with Gasteiger partial charge in [0.1, 0.15) is 17.6 Å². The van der Waals surface area contributed by atoms with Crippen LogP contribution in [0.3, 0.4) is 0 Å². The first-order chi connectivity index (χ1) is 8.79. The average Bonchev–Trinajstić information content (AvgIpc) is 2.87. The number of aliphatic hydroxyl groups is 1. The van der Waals surface area contributed by atoms with Gasteiger partial charge in [0.25, 0.3) is 0 Å². The minimum atomic E-state index is -0.418. The first kappa shape index (κ1) is 13.7. The lowest BCUT2D eigenvalue weighted by atomic mass is 9.86. The summed E-state index contributed by atoms with van der Waals surface area (Å²) in [4.78, 5) is 0. The van der Waals surface area contributed by atoms with Crippen LogP contribution in [-0.4, -0.2) is 5.11 Å². The van der Waals surface area contributed by atoms with E-state index in [1.54, 1.807) is 0 Å². The van der Waals surface area contributed by atoms with Crippen molar-refractivity contribution in [2.24, 2.45) is 5.92 Å². The Bertz CT molecular complexity index is 337. The average molecular weight is 250 g/mol. The van der Waals surface area contributed by atoms with Crippen LogP contribution in [0, 0.1) is 5.92 Å². The zero-order valence-corrected chi connectivity index (χ0v) is 11.5. The Morgan fingerprint density at radius 2 is 2.06 bits per heavy atom. The van der Waals surface area contributed by atoms with Crippen LogP contribution in [0.5, 0.6) is 0 Å². The van der Waals surface area contributed by atoms with Gasteiger partial charge in [0.05, 0.1) is 0 Å². The number of hydrogen-bond donors (Lipinski definition) is 1. The zero-order chi connectivity index (χ0) is 12.8. The van der Waals surface area contributed by atoms with Crippen molar-refractivity contribution in [3.05, 3.63) is 23.7 Å². The fraction of sp³-hybridized carbons (Fsp3) is 0.750. The SMILES string of the molecule is CCCC(O)c1ccc(CCC2CCCCC2)o1. The molecule has 1 atom stereocenters. The lowest BCUT2D eigenvalue weighted by molar-refractivity contribution is 0.137. The molecule has 102 valence electrons. The smallest absolute Gasteiger partial charge is 0.132 e. The van der Waals surface area contributed by atoms with Crippen molar-refractivity contribution < 1.29 is 9.52 Å². The molecule has 0 aliphatic heterocycles. The second kappa shape index (κ2) is 6.98. The first-order valence-electron chi connectivity index (χ1n) is 7.56. The second-order valence-corrected chi connectivity index (χ2v) is 5.65. The molecule has 1 N–H and O–H groups in total. The minimum Gasteiger partial charge on any atom is -0.463 e. The lowest BCUT2D eigenvalue weighted by Crippen LogP contribution is -2.06. The molecule has 0 spiro atoms. The van der Waals surface area contributed by atoms with E-state index >= 15 is 0 Å². The van der Waals surface area contributed by atoms with E-state index in [-0.39, 0.29) is 0 Å². The monoisotopic (exact) mass is 250 g/mol. The Kier molecular flexibility index (Phi) is 5.30. The highest BCUT2D eigenvalue weighted by atomic mass is 16.4. The molecule has 1 aromatic heterocycles. The first-order valence-corrected chi connectivity index (χ1v) is 7.56. The number of hydrogen-bond acceptors (Lipinski definition) is 2. The van der Waals surface area contributed by atoms with Crippen molar-refractivity contribution in [3.63, 3.8) is 0 Å². The van der Waals surface area contributed by atoms with E-state index in [1.165, 1.54) is 38.5 Å². The molecule has 2 nitrogen and oxygen atoms in total. The highest BCUT2D eigenvalue weighted by Gasteiger charge is 2.15. The van der Waals surface area contributed by atoms with Crippen LogP contribution in [0.25, 0.3) is 0 Å². The molecule has 1 aliphatic rings. The highest BCUT2D eigenvalue weighted by molar-refractivity contribution is 5.09. The summed E-state index contributed by atoms with van der Waals surface area (Å²) in [5, 5.41) is 9.86. The minimum absolute atomic E-state index is 0.418. The molecule has 0 amide bonds. The van der Waals surface area contributed by atoms with Gasteiger partial charge in [-0.3, -0.25) is 0 Å². The fourth-order valence-corrected chi connectivity index (χ4v) is 2.95. The third-order valence-corrected chi connectivity index (χ3v) is 4.10. The van der Waals surface area contributed by atoms with Crippen LogP contribution in [0.1, 0.15) is 75.9 Å². The van der Waals surface area contributed by atoms with Gasteiger partial charge in [-0.15, -0.1) is 0 Å². The third-order valence-electron chi connectivity index (χ3n) is 4.10. The molecule has 1 heterocycles. The molecule has 18 heavy (non-hydrogen) atoms. The van der Waals surface area contributed by atoms with Gasteiger partial charge in [-0.2, -0.15) is 0 Å². The number of aliphatic hydroxyl groups excluding tert-OH is 1. The Balaban J connectivity index is 1.79. The van der Waals surface area contributed by atoms with Crippen LogP contribution in [-0.2, 0) is 6.42 Å². The number of rotatable bonds is 6. The quantitative estimate of drug-likeness (QED) is 0.798. The van der Waals surface area contributed by atoms with Crippen molar-refractivity contribution in [1.82, 2.24) is 0 Å². The van der Waals surface area contributed by atoms with E-state index < -0.39 is 6.10 Å². The standard InChI is InChI=1S/C16H26O2/c1-2-6-15(17)16-12-11-14(18-16)10-9-13-7-4-3-5-8-13/h11-13,15,17H,2-10H2,1H3. The molecular weight excluding hydrogens is 224 g/mol. The van der Waals surface area contributed by atoms with Gasteiger partial charge in [-0.1, -0.05) is 45.4 Å². The van der Waals surface area contributed by atoms with Crippen LogP contribution in [0.15, 0.2) is 16.5 Å². The van der Waals surface area contributed by atoms with E-state index in [2.05, 4.69) is 6.92 Å². The molecule has 2 heteroatoms. The van der Waals surface area contributed by atoms with E-state index in [0.29, 0.717) is 0 Å². The summed E-state index contributed by atoms with van der Waals surface area (Å²) in [6, 6.07) is 3.98. The number of furan rings is 1. The zero-order valence-electron chi connectivity index (χ0n) is 11.5. The fourth-order valence-electron chi connectivity index (χ4n) is 2.95. The summed E-state index contributed by atoms with van der Waals surface area (Å²) in [7, 11) is 0. The van der Waals surface area contributed by atoms with Crippen LogP contribution >= 0.6 is 0 Å². The Morgan fingerprint density at radius 1 is 1.28 bits per heavy atom. The molecule has 0 aromatic carbocycles. The summed E-state index contributed by atoms with van der Waals surface area (Å²) in [5.74, 6) is 2.69. The third kappa shape index (κ3) is 3.88. The molecule has 1 aliphatic carbocycles. The molecule has 1 aromatic rings. The van der Waals surface area contributed by atoms with Crippen molar-refractivity contribution in [3.8, 4) is 0 Å². The largest absolute Gasteiger partial charge is 0.463 e. The predicted molar refractivity (Wildman–Crippen MR) is 73.5 cm³/mol. The van der Waals surface area contributed by atoms with Gasteiger partial charge < -0.3 is 9.52 Å². The highest BCUT2D eigenvalue weighted by Crippen LogP contribution is 2.28. The van der Waals surface area contributed by atoms with Crippen molar-refractivity contribution >= 4 is 0 Å². The molecular formula is C16H26O2. The van der Waals surface area contributed by atoms with E-state index in [1.807, 2.05) is 12.1 Å². The van der Waals surface area contributed by atoms with Gasteiger partial charge in [0, 0.05) is 6.42 Å². The molecule has 2 rings (SSSR count). The molecule has 1 unspecified atom stereocenters. The Hall–Kier alpha value is -0.760. The van der Waals surface area contributed by atoms with Crippen molar-refractivity contribution in [2.75, 3.05) is 0 Å². The maximum absolute atomic E-state index is 9.86. The van der Waals surface area contributed by atoms with Crippen LogP contribution < -0.4 is 0 Å². The molecule has 0 radical (unpaired) electrons. The van der Waals surface area contributed by atoms with Crippen LogP contribution in [0.4, 0.5) is 0 Å². The predicted octanol–water partition coefficient (Wildman–Crippen LogP) is 4.63. The van der Waals surface area contributed by atoms with Gasteiger partial charge in [-0.25, -0.2) is 0 Å². The summed E-state index contributed by atoms with van der Waals surface area (Å²) >= 11 is 0. The van der Waals surface area contributed by atoms with Gasteiger partial charge in [-0.05, 0) is 30.9 Å². The Labute approximate surface area is 110 Å². The summed E-state index contributed by atoms with van der Waals surface area (Å²) in [5.41, 5.74) is 0. The van der Waals surface area contributed by atoms with E-state index in [4.69, 9.17) is 4.42 Å². The molecule has 1 saturated carbocycles. The lowest BCUT2D eigenvalue weighted by Gasteiger charge is -2.20. The molecule has 0 saturated heterocycles. The normalized spacial score (nSPS) is 19.0. The summed E-state index contributed by atoms with van der Waals surface area (Å²) < 4.78 is 5.74. The van der Waals surface area contributed by atoms with E-state index in [0.717, 1.165) is 36.7 Å². The topological polar surface area (TPSA) is 33.4 Å². The van der Waals surface area contributed by atoms with Crippen LogP contribution in [0.2, 0.25) is 0 Å². The molecule has 0 bridgehead atoms. The maximum atomic E-state index is 9.86. The Morgan fingerprint density at radius 3 is 2.78 bits per heavy atom.